The molecular formula is C34H55N9O8. The van der Waals surface area contributed by atoms with Gasteiger partial charge in [0.25, 0.3) is 0 Å². The summed E-state index contributed by atoms with van der Waals surface area (Å²) in [5, 5.41) is 42.4. The minimum Gasteiger partial charge on any atom is -0.508 e. The lowest BCUT2D eigenvalue weighted by Crippen LogP contribution is -2.58. The maximum Gasteiger partial charge on any atom is 0.303 e. The molecule has 1 fully saturated rings. The van der Waals surface area contributed by atoms with Crippen LogP contribution in [0.4, 0.5) is 0 Å². The van der Waals surface area contributed by atoms with Crippen molar-refractivity contribution in [2.45, 2.75) is 102 Å². The number of nitrogens with zero attached hydrogens (tertiary/aromatic N) is 1. The van der Waals surface area contributed by atoms with Crippen LogP contribution < -0.4 is 37.6 Å². The summed E-state index contributed by atoms with van der Waals surface area (Å²) in [7, 11) is 3.03. The zero-order valence-corrected chi connectivity index (χ0v) is 29.9. The Morgan fingerprint density at radius 2 is 1.53 bits per heavy atom. The van der Waals surface area contributed by atoms with E-state index in [2.05, 4.69) is 31.9 Å². The third-order valence-corrected chi connectivity index (χ3v) is 8.58. The second-order valence-electron chi connectivity index (χ2n) is 13.1. The lowest BCUT2D eigenvalue weighted by molar-refractivity contribution is -0.142. The van der Waals surface area contributed by atoms with Crippen LogP contribution in [0.15, 0.2) is 24.3 Å². The standard InChI is InChI=1S/C34H55N9O8/c1-20(2)18-26(31(49)40-23(29(47)38-4)8-5-11-28(45)46)42-32(50)27-10-7-17-43(27)33(51)24(9-6-16-39-34(35)36)41-30(48)25(37-3)19-21-12-14-22(44)15-13-21/h12-15,20,23-27,37,44H,5-11,16-19H2,1-4H3,(H,38,47)(H,40,49)(H,41,48)(H,42,50)(H,45,46)(H4,35,36,39)/t23-,24-,25-,26-,27-/m0/s1. The molecule has 1 heterocycles. The van der Waals surface area contributed by atoms with Crippen molar-refractivity contribution in [3.8, 4) is 5.75 Å². The summed E-state index contributed by atoms with van der Waals surface area (Å²) in [6.45, 7) is 4.27. The van der Waals surface area contributed by atoms with Crippen LogP contribution in [0.25, 0.3) is 0 Å². The molecule has 17 nitrogen and oxygen atoms in total. The van der Waals surface area contributed by atoms with E-state index in [9.17, 15) is 33.9 Å². The summed E-state index contributed by atoms with van der Waals surface area (Å²) < 4.78 is 0. The van der Waals surface area contributed by atoms with Crippen LogP contribution in [-0.4, -0.2) is 114 Å². The molecule has 5 atom stereocenters. The molecule has 0 spiro atoms. The van der Waals surface area contributed by atoms with E-state index in [1.807, 2.05) is 13.8 Å². The molecule has 1 aromatic carbocycles. The highest BCUT2D eigenvalue weighted by atomic mass is 16.4. The Morgan fingerprint density at radius 3 is 2.12 bits per heavy atom. The number of hydrogen-bond donors (Lipinski definition) is 10. The molecule has 2 rings (SSSR count). The summed E-state index contributed by atoms with van der Waals surface area (Å²) in [5.41, 5.74) is 6.19. The van der Waals surface area contributed by atoms with E-state index in [0.717, 1.165) is 5.56 Å². The van der Waals surface area contributed by atoms with E-state index in [1.54, 1.807) is 19.2 Å². The van der Waals surface area contributed by atoms with Gasteiger partial charge in [-0.05, 0) is 82.0 Å². The van der Waals surface area contributed by atoms with Crippen LogP contribution in [0.5, 0.6) is 5.75 Å². The number of guanidine groups is 1. The number of phenols is 1. The first kappa shape index (κ1) is 42.2. The number of hydrogen-bond acceptors (Lipinski definition) is 9. The largest absolute Gasteiger partial charge is 0.508 e. The number of carboxylic acids is 1. The first-order valence-electron chi connectivity index (χ1n) is 17.3. The molecule has 1 aromatic rings. The average Bonchev–Trinajstić information content (AvgIpc) is 3.57. The van der Waals surface area contributed by atoms with Gasteiger partial charge in [0.2, 0.25) is 29.5 Å². The van der Waals surface area contributed by atoms with Crippen molar-refractivity contribution < 1.29 is 39.0 Å². The molecule has 51 heavy (non-hydrogen) atoms. The Morgan fingerprint density at radius 1 is 0.902 bits per heavy atom. The molecule has 0 aromatic heterocycles. The predicted octanol–water partition coefficient (Wildman–Crippen LogP) is -0.722. The number of nitrogens with one attached hydrogen (secondary N) is 7. The second kappa shape index (κ2) is 21.3. The number of benzene rings is 1. The molecule has 0 unspecified atom stereocenters. The van der Waals surface area contributed by atoms with E-state index in [0.29, 0.717) is 19.3 Å². The zero-order chi connectivity index (χ0) is 38.1. The number of rotatable bonds is 21. The van der Waals surface area contributed by atoms with E-state index in [1.165, 1.54) is 24.1 Å². The van der Waals surface area contributed by atoms with Crippen LogP contribution in [0.1, 0.15) is 70.8 Å². The Kier molecular flexibility index (Phi) is 17.7. The van der Waals surface area contributed by atoms with Gasteiger partial charge in [-0.1, -0.05) is 26.0 Å². The van der Waals surface area contributed by atoms with Gasteiger partial charge in [0.15, 0.2) is 5.96 Å². The van der Waals surface area contributed by atoms with Crippen molar-refractivity contribution >= 4 is 41.5 Å². The number of amides is 5. The highest BCUT2D eigenvalue weighted by Gasteiger charge is 2.39. The van der Waals surface area contributed by atoms with E-state index in [4.69, 9.17) is 16.2 Å². The average molecular weight is 718 g/mol. The lowest BCUT2D eigenvalue weighted by atomic mass is 10.0. The second-order valence-corrected chi connectivity index (χ2v) is 13.1. The number of carboxylic acid groups (broad SMARTS) is 1. The quantitative estimate of drug-likeness (QED) is 0.0431. The SMILES string of the molecule is CNC(=O)[C@H](CCCC(=O)O)NC(=O)[C@H](CC(C)C)NC(=O)[C@@H]1CCCN1C(=O)[C@H](CCCNC(=N)N)NC(=O)[C@H](Cc1ccc(O)cc1)NC. The van der Waals surface area contributed by atoms with Gasteiger partial charge in [-0.15, -0.1) is 0 Å². The summed E-state index contributed by atoms with van der Waals surface area (Å²) >= 11 is 0. The van der Waals surface area contributed by atoms with Crippen LogP contribution >= 0.6 is 0 Å². The maximum atomic E-state index is 14.1. The molecular weight excluding hydrogens is 662 g/mol. The van der Waals surface area contributed by atoms with Gasteiger partial charge in [0.05, 0.1) is 6.04 Å². The smallest absolute Gasteiger partial charge is 0.303 e. The van der Waals surface area contributed by atoms with Crippen LogP contribution in [0, 0.1) is 11.3 Å². The predicted molar refractivity (Wildman–Crippen MR) is 189 cm³/mol. The van der Waals surface area contributed by atoms with Crippen molar-refractivity contribution in [1.29, 1.82) is 5.41 Å². The van der Waals surface area contributed by atoms with E-state index < -0.39 is 65.7 Å². The molecule has 11 N–H and O–H groups in total. The van der Waals surface area contributed by atoms with Crippen LogP contribution in [0.3, 0.4) is 0 Å². The number of likely N-dealkylation sites (tertiary alicyclic amines) is 1. The minimum absolute atomic E-state index is 0.0299. The third-order valence-electron chi connectivity index (χ3n) is 8.58. The lowest BCUT2D eigenvalue weighted by Gasteiger charge is -2.31. The van der Waals surface area contributed by atoms with Gasteiger partial charge in [0, 0.05) is 26.6 Å². The van der Waals surface area contributed by atoms with Gasteiger partial charge in [-0.25, -0.2) is 0 Å². The molecule has 0 aliphatic carbocycles. The Labute approximate surface area is 298 Å². The Balaban J connectivity index is 2.23. The topological polar surface area (TPSA) is 268 Å². The number of likely N-dealkylation sites (N-methyl/N-ethyl adjacent to an activating group) is 2. The fraction of sp³-hybridized carbons (Fsp3) is 0.618. The van der Waals surface area contributed by atoms with Gasteiger partial charge in [-0.3, -0.25) is 34.2 Å². The van der Waals surface area contributed by atoms with E-state index >= 15 is 0 Å². The molecule has 284 valence electrons. The van der Waals surface area contributed by atoms with Crippen molar-refractivity contribution in [1.82, 2.24) is 36.8 Å². The zero-order valence-electron chi connectivity index (χ0n) is 29.9. The summed E-state index contributed by atoms with van der Waals surface area (Å²) in [5.74, 6) is -3.75. The molecule has 17 heteroatoms. The van der Waals surface area contributed by atoms with Gasteiger partial charge >= 0.3 is 5.97 Å². The number of carbonyl (C=O) groups is 6. The Bertz CT molecular complexity index is 1360. The Hall–Kier alpha value is -4.93. The van der Waals surface area contributed by atoms with Crippen molar-refractivity contribution in [3.63, 3.8) is 0 Å². The summed E-state index contributed by atoms with van der Waals surface area (Å²) in [4.78, 5) is 79.6. The molecule has 1 saturated heterocycles. The van der Waals surface area contributed by atoms with Gasteiger partial charge < -0.3 is 52.7 Å². The number of nitrogens with two attached hydrogens (primary N) is 1. The maximum absolute atomic E-state index is 14.1. The highest BCUT2D eigenvalue weighted by molar-refractivity contribution is 5.96. The normalized spacial score (nSPS) is 16.3. The van der Waals surface area contributed by atoms with E-state index in [-0.39, 0.29) is 69.2 Å². The fourth-order valence-electron chi connectivity index (χ4n) is 5.90. The molecule has 1 aliphatic heterocycles. The van der Waals surface area contributed by atoms with Crippen molar-refractivity contribution in [2.75, 3.05) is 27.2 Å². The van der Waals surface area contributed by atoms with Crippen molar-refractivity contribution in [3.05, 3.63) is 29.8 Å². The first-order chi connectivity index (χ1) is 24.2. The number of aliphatic carboxylic acids is 1. The minimum atomic E-state index is -1.04. The van der Waals surface area contributed by atoms with Gasteiger partial charge in [0.1, 0.15) is 29.9 Å². The monoisotopic (exact) mass is 717 g/mol. The summed E-state index contributed by atoms with van der Waals surface area (Å²) in [6.07, 6.45) is 1.99. The summed E-state index contributed by atoms with van der Waals surface area (Å²) in [6, 6.07) is 1.75. The van der Waals surface area contributed by atoms with Gasteiger partial charge in [-0.2, -0.15) is 0 Å². The third kappa shape index (κ3) is 14.4. The van der Waals surface area contributed by atoms with Crippen molar-refractivity contribution in [2.24, 2.45) is 11.7 Å². The number of carbonyl (C=O) groups excluding carboxylic acids is 5. The molecule has 0 saturated carbocycles. The molecule has 0 bridgehead atoms. The molecule has 1 aliphatic rings. The number of aromatic hydroxyl groups is 1. The first-order valence-corrected chi connectivity index (χ1v) is 17.3. The number of phenolic OH excluding ortho intramolecular Hbond substituents is 1. The molecule has 0 radical (unpaired) electrons. The fourth-order valence-corrected chi connectivity index (χ4v) is 5.90. The highest BCUT2D eigenvalue weighted by Crippen LogP contribution is 2.21. The van der Waals surface area contributed by atoms with Crippen LogP contribution in [0.2, 0.25) is 0 Å². The molecule has 5 amide bonds. The van der Waals surface area contributed by atoms with Crippen LogP contribution in [-0.2, 0) is 35.2 Å².